The van der Waals surface area contributed by atoms with Crippen LogP contribution in [-0.2, 0) is 4.74 Å². The van der Waals surface area contributed by atoms with Crippen LogP contribution in [0.25, 0.3) is 0 Å². The first-order valence-electron chi connectivity index (χ1n) is 9.27. The third-order valence-corrected chi connectivity index (χ3v) is 4.86. The quantitative estimate of drug-likeness (QED) is 0.746. The molecule has 6 heteroatoms. The van der Waals surface area contributed by atoms with Crippen LogP contribution in [0, 0.1) is 0 Å². The summed E-state index contributed by atoms with van der Waals surface area (Å²) in [6, 6.07) is 0. The van der Waals surface area contributed by atoms with Gasteiger partial charge < -0.3 is 10.5 Å². The lowest BCUT2D eigenvalue weighted by atomic mass is 9.99. The SMILES string of the molecule is NC1=CC=CC(OC2C=C/C=C\CC=C2)C(C(F)(F)F)=C1CN1CCCC1. The van der Waals surface area contributed by atoms with E-state index >= 15 is 0 Å². The third kappa shape index (κ3) is 5.23. The van der Waals surface area contributed by atoms with Crippen molar-refractivity contribution < 1.29 is 17.9 Å². The Labute approximate surface area is 158 Å². The van der Waals surface area contributed by atoms with Gasteiger partial charge in [0.2, 0.25) is 0 Å². The molecular weight excluding hydrogens is 353 g/mol. The molecule has 3 nitrogen and oxygen atoms in total. The Morgan fingerprint density at radius 3 is 2.56 bits per heavy atom. The fraction of sp³-hybridized carbons (Fsp3) is 0.429. The highest BCUT2D eigenvalue weighted by Crippen LogP contribution is 2.37. The molecule has 2 aliphatic carbocycles. The van der Waals surface area contributed by atoms with Gasteiger partial charge in [0.25, 0.3) is 0 Å². The largest absolute Gasteiger partial charge is 0.415 e. The van der Waals surface area contributed by atoms with Crippen molar-refractivity contribution in [2.24, 2.45) is 5.73 Å². The zero-order chi connectivity index (χ0) is 19.3. The second-order valence-electron chi connectivity index (χ2n) is 6.88. The molecule has 0 saturated carbocycles. The molecule has 0 aromatic heterocycles. The van der Waals surface area contributed by atoms with Crippen LogP contribution in [0.3, 0.4) is 0 Å². The van der Waals surface area contributed by atoms with Gasteiger partial charge in [-0.05, 0) is 38.4 Å². The number of likely N-dealkylation sites (tertiary alicyclic amines) is 1. The zero-order valence-corrected chi connectivity index (χ0v) is 15.2. The van der Waals surface area contributed by atoms with Crippen LogP contribution in [0.2, 0.25) is 0 Å². The van der Waals surface area contributed by atoms with Gasteiger partial charge in [-0.2, -0.15) is 13.2 Å². The lowest BCUT2D eigenvalue weighted by Gasteiger charge is -2.27. The van der Waals surface area contributed by atoms with Crippen molar-refractivity contribution in [1.29, 1.82) is 0 Å². The number of allylic oxidation sites excluding steroid dienone is 6. The summed E-state index contributed by atoms with van der Waals surface area (Å²) in [5.74, 6) is 0. The van der Waals surface area contributed by atoms with E-state index in [-0.39, 0.29) is 17.8 Å². The van der Waals surface area contributed by atoms with E-state index in [2.05, 4.69) is 0 Å². The highest BCUT2D eigenvalue weighted by Gasteiger charge is 2.42. The summed E-state index contributed by atoms with van der Waals surface area (Å²) >= 11 is 0. The summed E-state index contributed by atoms with van der Waals surface area (Å²) in [5, 5.41) is 0. The highest BCUT2D eigenvalue weighted by molar-refractivity contribution is 5.45. The van der Waals surface area contributed by atoms with Gasteiger partial charge in [-0.1, -0.05) is 48.6 Å². The molecule has 0 amide bonds. The summed E-state index contributed by atoms with van der Waals surface area (Å²) < 4.78 is 48.0. The monoisotopic (exact) mass is 378 g/mol. The van der Waals surface area contributed by atoms with Gasteiger partial charge in [0.05, 0.1) is 11.7 Å². The van der Waals surface area contributed by atoms with Crippen molar-refractivity contribution in [2.75, 3.05) is 19.6 Å². The van der Waals surface area contributed by atoms with Crippen LogP contribution < -0.4 is 5.73 Å². The Morgan fingerprint density at radius 1 is 1.04 bits per heavy atom. The third-order valence-electron chi connectivity index (χ3n) is 4.86. The Kier molecular flexibility index (Phi) is 6.39. The molecule has 0 radical (unpaired) electrons. The molecule has 0 spiro atoms. The molecule has 0 aromatic rings. The minimum Gasteiger partial charge on any atom is -0.398 e. The Balaban J connectivity index is 1.93. The number of ether oxygens (including phenoxy) is 1. The normalized spacial score (nSPS) is 28.0. The van der Waals surface area contributed by atoms with Gasteiger partial charge >= 0.3 is 6.18 Å². The summed E-state index contributed by atoms with van der Waals surface area (Å²) in [7, 11) is 0. The maximum absolute atomic E-state index is 14.0. The maximum atomic E-state index is 14.0. The number of hydrogen-bond acceptors (Lipinski definition) is 3. The van der Waals surface area contributed by atoms with E-state index in [9.17, 15) is 13.2 Å². The number of nitrogens with zero attached hydrogens (tertiary/aromatic N) is 1. The number of rotatable bonds is 4. The molecule has 1 aliphatic heterocycles. The fourth-order valence-electron chi connectivity index (χ4n) is 3.52. The molecule has 1 heterocycles. The molecule has 2 atom stereocenters. The van der Waals surface area contributed by atoms with Crippen molar-refractivity contribution >= 4 is 0 Å². The minimum atomic E-state index is -4.53. The summed E-state index contributed by atoms with van der Waals surface area (Å²) in [4.78, 5) is 2.02. The van der Waals surface area contributed by atoms with E-state index in [0.29, 0.717) is 0 Å². The first-order valence-corrected chi connectivity index (χ1v) is 9.27. The molecule has 0 aromatic carbocycles. The molecular formula is C21H25F3N2O. The van der Waals surface area contributed by atoms with Gasteiger partial charge in [-0.25, -0.2) is 0 Å². The van der Waals surface area contributed by atoms with Crippen LogP contribution in [0.1, 0.15) is 19.3 Å². The molecule has 3 aliphatic rings. The Bertz CT molecular complexity index is 707. The Hall–Kier alpha value is -2.05. The molecule has 2 unspecified atom stereocenters. The summed E-state index contributed by atoms with van der Waals surface area (Å²) in [6.07, 6.45) is 12.0. The molecule has 2 N–H and O–H groups in total. The van der Waals surface area contributed by atoms with Crippen LogP contribution in [0.5, 0.6) is 0 Å². The Morgan fingerprint density at radius 2 is 1.81 bits per heavy atom. The summed E-state index contributed by atoms with van der Waals surface area (Å²) in [6.45, 7) is 1.78. The second-order valence-corrected chi connectivity index (χ2v) is 6.88. The average Bonchev–Trinajstić information content (AvgIpc) is 3.02. The maximum Gasteiger partial charge on any atom is 0.415 e. The van der Waals surface area contributed by atoms with Crippen LogP contribution in [0.15, 0.2) is 71.5 Å². The minimum absolute atomic E-state index is 0.123. The molecule has 27 heavy (non-hydrogen) atoms. The highest BCUT2D eigenvalue weighted by atomic mass is 19.4. The van der Waals surface area contributed by atoms with Crippen molar-refractivity contribution in [1.82, 2.24) is 4.90 Å². The predicted octanol–water partition coefficient (Wildman–Crippen LogP) is 4.18. The van der Waals surface area contributed by atoms with Crippen molar-refractivity contribution in [2.45, 2.75) is 37.6 Å². The van der Waals surface area contributed by atoms with Crippen molar-refractivity contribution in [3.05, 3.63) is 71.5 Å². The lowest BCUT2D eigenvalue weighted by Crippen LogP contribution is -2.33. The second kappa shape index (κ2) is 8.76. The molecule has 1 saturated heterocycles. The predicted molar refractivity (Wildman–Crippen MR) is 101 cm³/mol. The average molecular weight is 378 g/mol. The van der Waals surface area contributed by atoms with Gasteiger partial charge in [0.15, 0.2) is 0 Å². The fourth-order valence-corrected chi connectivity index (χ4v) is 3.52. The van der Waals surface area contributed by atoms with Crippen molar-refractivity contribution in [3.63, 3.8) is 0 Å². The first-order chi connectivity index (χ1) is 12.9. The van der Waals surface area contributed by atoms with E-state index in [1.54, 1.807) is 24.3 Å². The van der Waals surface area contributed by atoms with E-state index in [4.69, 9.17) is 10.5 Å². The molecule has 146 valence electrons. The number of halogens is 3. The standard InChI is InChI=1S/C21H25F3N2O/c22-21(23,24)20-17(15-26-13-6-7-14-26)18(25)11-8-12-19(20)27-16-9-4-2-1-3-5-10-16/h1-2,4-5,8-12,16,19H,3,6-7,13-15,25H2/b2-1-,9-4?,10-5?. The van der Waals surface area contributed by atoms with Gasteiger partial charge in [0, 0.05) is 17.8 Å². The van der Waals surface area contributed by atoms with Crippen LogP contribution in [0.4, 0.5) is 13.2 Å². The van der Waals surface area contributed by atoms with E-state index in [1.165, 1.54) is 12.2 Å². The molecule has 0 bridgehead atoms. The smallest absolute Gasteiger partial charge is 0.398 e. The number of nitrogens with two attached hydrogens (primary N) is 1. The molecule has 1 fully saturated rings. The van der Waals surface area contributed by atoms with E-state index in [0.717, 1.165) is 32.4 Å². The zero-order valence-electron chi connectivity index (χ0n) is 15.2. The van der Waals surface area contributed by atoms with Crippen LogP contribution >= 0.6 is 0 Å². The van der Waals surface area contributed by atoms with Crippen LogP contribution in [-0.4, -0.2) is 42.9 Å². The first kappa shape index (κ1) is 19.7. The van der Waals surface area contributed by atoms with E-state index < -0.39 is 24.0 Å². The number of alkyl halides is 3. The van der Waals surface area contributed by atoms with Gasteiger partial charge in [0.1, 0.15) is 6.10 Å². The van der Waals surface area contributed by atoms with Gasteiger partial charge in [-0.3, -0.25) is 4.90 Å². The van der Waals surface area contributed by atoms with Crippen molar-refractivity contribution in [3.8, 4) is 0 Å². The van der Waals surface area contributed by atoms with E-state index in [1.807, 2.05) is 23.1 Å². The number of hydrogen-bond donors (Lipinski definition) is 1. The lowest BCUT2D eigenvalue weighted by molar-refractivity contribution is -0.109. The summed E-state index contributed by atoms with van der Waals surface area (Å²) in [5.41, 5.74) is 5.60. The van der Waals surface area contributed by atoms with Gasteiger partial charge in [-0.15, -0.1) is 0 Å². The topological polar surface area (TPSA) is 38.5 Å². The molecule has 3 rings (SSSR count).